The lowest BCUT2D eigenvalue weighted by molar-refractivity contribution is -0.161. The third-order valence-electron chi connectivity index (χ3n) is 12.3. The van der Waals surface area contributed by atoms with Crippen LogP contribution in [0.3, 0.4) is 0 Å². The maximum atomic E-state index is 13.7. The summed E-state index contributed by atoms with van der Waals surface area (Å²) in [6, 6.07) is -1.67. The standard InChI is InChI=1S/C35H40ClN7O10S2/c1-34(2,32(51)52)53-41-22(18-11-54-33(37)39-18)27(46)40-23-29(48)43-24(31(49)50)14-9-16-15-8-13(26(14)55-30(23)43)4-6-35(15,16)5-3-7-42-12-38-17-10-19(44)25(45)21(36)20(17)28(42)47/h10-13,15-17,20,23,26-27,30,40,44-46H,3-9H2,1-2H3,(H2,37,39)(H,49,50)(H,51,52)/b41-22-/t13?,15-,16?,17?,20?,23+,26-,27?,30+,35?/m0/s1. The van der Waals surface area contributed by atoms with Gasteiger partial charge in [-0.05, 0) is 87.2 Å². The molecular formula is C35H40ClN7O10S2. The number of anilines is 1. The predicted molar refractivity (Wildman–Crippen MR) is 200 cm³/mol. The SMILES string of the molecule is CC(C)(O/N=C(/c1csc(N)n1)C(O)N[C@@H]1C(=O)N2C(C(=O)O)=C3CC4[C@@H]5CC(CCC45CCCN4C=NC5C=C(O)C(O)=C(Cl)C5C4=O)[C@@H]3S[C@H]12)C(=O)O. The predicted octanol–water partition coefficient (Wildman–Crippen LogP) is 2.74. The molecule has 1 aromatic rings. The molecule has 0 spiro atoms. The van der Waals surface area contributed by atoms with Crippen molar-refractivity contribution >= 4 is 75.6 Å². The maximum Gasteiger partial charge on any atom is 0.352 e. The second kappa shape index (κ2) is 13.5. The highest BCUT2D eigenvalue weighted by atomic mass is 35.5. The summed E-state index contributed by atoms with van der Waals surface area (Å²) in [6.45, 7) is 2.97. The number of nitrogen functional groups attached to an aromatic ring is 1. The van der Waals surface area contributed by atoms with E-state index >= 15 is 0 Å². The molecule has 294 valence electrons. The van der Waals surface area contributed by atoms with Gasteiger partial charge in [0.25, 0.3) is 0 Å². The van der Waals surface area contributed by atoms with Crippen LogP contribution in [-0.4, -0.2) is 117 Å². The second-order valence-electron chi connectivity index (χ2n) is 15.6. The first-order chi connectivity index (χ1) is 26.0. The van der Waals surface area contributed by atoms with E-state index in [1.54, 1.807) is 0 Å². The monoisotopic (exact) mass is 817 g/mol. The van der Waals surface area contributed by atoms with Gasteiger partial charge in [-0.25, -0.2) is 14.6 Å². The van der Waals surface area contributed by atoms with Crippen molar-refractivity contribution in [2.45, 2.75) is 86.9 Å². The van der Waals surface area contributed by atoms with Crippen LogP contribution in [0.25, 0.3) is 0 Å². The normalized spacial score (nSPS) is 34.3. The van der Waals surface area contributed by atoms with Crippen LogP contribution in [0.15, 0.2) is 49.4 Å². The second-order valence-corrected chi connectivity index (χ2v) is 18.2. The van der Waals surface area contributed by atoms with Crippen LogP contribution in [0, 0.1) is 29.1 Å². The number of nitrogens with two attached hydrogens (primary N) is 1. The summed E-state index contributed by atoms with van der Waals surface area (Å²) in [4.78, 5) is 68.2. The minimum atomic E-state index is -1.74. The van der Waals surface area contributed by atoms with Crippen molar-refractivity contribution in [3.05, 3.63) is 45.0 Å². The number of hydrogen-bond donors (Lipinski definition) is 7. The molecule has 17 nitrogen and oxygen atoms in total. The Morgan fingerprint density at radius 1 is 1.24 bits per heavy atom. The first-order valence-electron chi connectivity index (χ1n) is 18.0. The quantitative estimate of drug-likeness (QED) is 0.0693. The number of β-lactam (4-membered cyclic amide) rings is 1. The van der Waals surface area contributed by atoms with Gasteiger partial charge in [0.1, 0.15) is 34.4 Å². The molecule has 0 aromatic carbocycles. The highest BCUT2D eigenvalue weighted by Gasteiger charge is 2.69. The molecule has 8 N–H and O–H groups in total. The van der Waals surface area contributed by atoms with Crippen LogP contribution < -0.4 is 11.1 Å². The number of aliphatic imine (C=N–C) groups is 1. The molecule has 8 rings (SSSR count). The number of carboxylic acids is 2. The summed E-state index contributed by atoms with van der Waals surface area (Å²) < 4.78 is 0. The lowest BCUT2D eigenvalue weighted by Crippen LogP contribution is -2.72. The Hall–Kier alpha value is -4.17. The Bertz CT molecular complexity index is 2030. The van der Waals surface area contributed by atoms with E-state index in [-0.39, 0.29) is 55.7 Å². The van der Waals surface area contributed by atoms with Crippen molar-refractivity contribution in [2.24, 2.45) is 39.2 Å². The number of oxime groups is 1. The van der Waals surface area contributed by atoms with Gasteiger partial charge in [-0.2, -0.15) is 0 Å². The molecule has 1 aromatic heterocycles. The zero-order chi connectivity index (χ0) is 39.3. The topological polar surface area (TPSA) is 261 Å². The number of thioether (sulfide) groups is 1. The van der Waals surface area contributed by atoms with Crippen molar-refractivity contribution in [1.29, 1.82) is 0 Å². The van der Waals surface area contributed by atoms with Gasteiger partial charge < -0.3 is 41.0 Å². The first kappa shape index (κ1) is 37.7. The van der Waals surface area contributed by atoms with Crippen LogP contribution in [0.4, 0.5) is 5.13 Å². The van der Waals surface area contributed by atoms with Gasteiger partial charge in [0.15, 0.2) is 22.9 Å². The van der Waals surface area contributed by atoms with Gasteiger partial charge in [0.05, 0.1) is 17.4 Å². The average Bonchev–Trinajstić information content (AvgIpc) is 3.59. The van der Waals surface area contributed by atoms with Gasteiger partial charge in [0.2, 0.25) is 17.4 Å². The van der Waals surface area contributed by atoms with Crippen molar-refractivity contribution in [3.63, 3.8) is 0 Å². The van der Waals surface area contributed by atoms with E-state index in [4.69, 9.17) is 22.2 Å². The minimum absolute atomic E-state index is 0.00206. The molecule has 55 heavy (non-hydrogen) atoms. The number of carboxylic acid groups (broad SMARTS) is 2. The number of carbonyl (C=O) groups is 4. The summed E-state index contributed by atoms with van der Waals surface area (Å²) in [6.07, 6.45) is 5.98. The first-order valence-corrected chi connectivity index (χ1v) is 20.2. The Balaban J connectivity index is 0.965. The summed E-state index contributed by atoms with van der Waals surface area (Å²) in [5.41, 5.74) is 4.77. The number of rotatable bonds is 12. The third-order valence-corrected chi connectivity index (χ3v) is 15.1. The Labute approximate surface area is 327 Å². The van der Waals surface area contributed by atoms with Crippen molar-refractivity contribution in [1.82, 2.24) is 20.1 Å². The zero-order valence-electron chi connectivity index (χ0n) is 29.7. The van der Waals surface area contributed by atoms with Crippen LogP contribution in [0.2, 0.25) is 0 Å². The number of nitrogens with zero attached hydrogens (tertiary/aromatic N) is 5. The largest absolute Gasteiger partial charge is 0.504 e. The molecule has 4 heterocycles. The number of carbonyl (C=O) groups excluding carboxylic acids is 2. The van der Waals surface area contributed by atoms with Gasteiger partial charge >= 0.3 is 11.9 Å². The van der Waals surface area contributed by atoms with Gasteiger partial charge in [0, 0.05) is 17.2 Å². The van der Waals surface area contributed by atoms with E-state index in [9.17, 15) is 44.7 Å². The van der Waals surface area contributed by atoms with E-state index in [1.807, 2.05) is 0 Å². The van der Waals surface area contributed by atoms with E-state index in [0.29, 0.717) is 25.3 Å². The molecule has 4 fully saturated rings. The minimum Gasteiger partial charge on any atom is -0.504 e. The third kappa shape index (κ3) is 6.09. The highest BCUT2D eigenvalue weighted by molar-refractivity contribution is 8.01. The van der Waals surface area contributed by atoms with Crippen molar-refractivity contribution in [3.8, 4) is 0 Å². The van der Waals surface area contributed by atoms with Crippen LogP contribution >= 0.6 is 34.7 Å². The molecule has 10 atom stereocenters. The molecule has 0 radical (unpaired) electrons. The Kier molecular flexibility index (Phi) is 9.26. The van der Waals surface area contributed by atoms with Crippen LogP contribution in [0.1, 0.15) is 58.1 Å². The number of thiazole rings is 1. The summed E-state index contributed by atoms with van der Waals surface area (Å²) in [7, 11) is 0. The van der Waals surface area contributed by atoms with Gasteiger partial charge in [-0.3, -0.25) is 24.8 Å². The zero-order valence-corrected chi connectivity index (χ0v) is 32.1. The van der Waals surface area contributed by atoms with Crippen molar-refractivity contribution in [2.75, 3.05) is 12.3 Å². The summed E-state index contributed by atoms with van der Waals surface area (Å²) in [5.74, 6) is -4.30. The van der Waals surface area contributed by atoms with Crippen LogP contribution in [0.5, 0.6) is 0 Å². The summed E-state index contributed by atoms with van der Waals surface area (Å²) in [5, 5.41) is 59.0. The van der Waals surface area contributed by atoms with Crippen LogP contribution in [-0.2, 0) is 24.0 Å². The molecule has 4 aliphatic carbocycles. The number of aliphatic hydroxyl groups is 3. The number of fused-ring (bicyclic) bond motifs is 6. The number of amides is 2. The van der Waals surface area contributed by atoms with E-state index in [1.165, 1.54) is 53.2 Å². The number of aliphatic hydroxyl groups excluding tert-OH is 3. The fourth-order valence-corrected chi connectivity index (χ4v) is 12.1. The molecule has 2 amide bonds. The van der Waals surface area contributed by atoms with E-state index < -0.39 is 64.6 Å². The number of halogens is 1. The maximum absolute atomic E-state index is 13.7. The molecule has 1 saturated heterocycles. The molecule has 3 saturated carbocycles. The number of nitrogens with one attached hydrogen (secondary N) is 1. The average molecular weight is 818 g/mol. The molecule has 2 bridgehead atoms. The number of aliphatic carboxylic acids is 2. The fraction of sp³-hybridized carbons (Fsp3) is 0.571. The van der Waals surface area contributed by atoms with Crippen molar-refractivity contribution < 1.29 is 49.5 Å². The van der Waals surface area contributed by atoms with E-state index in [0.717, 1.165) is 42.6 Å². The lowest BCUT2D eigenvalue weighted by atomic mass is 9.74. The molecule has 3 aliphatic heterocycles. The molecule has 7 aliphatic rings. The van der Waals surface area contributed by atoms with E-state index in [2.05, 4.69) is 20.4 Å². The smallest absolute Gasteiger partial charge is 0.352 e. The lowest BCUT2D eigenvalue weighted by Gasteiger charge is -2.53. The molecule has 6 unspecified atom stereocenters. The molecular weight excluding hydrogens is 778 g/mol. The molecule has 20 heteroatoms. The number of hydrogen-bond acceptors (Lipinski definition) is 15. The Morgan fingerprint density at radius 3 is 2.69 bits per heavy atom. The van der Waals surface area contributed by atoms with Gasteiger partial charge in [-0.15, -0.1) is 23.1 Å². The summed E-state index contributed by atoms with van der Waals surface area (Å²) >= 11 is 8.85. The Morgan fingerprint density at radius 2 is 2.00 bits per heavy atom. The highest BCUT2D eigenvalue weighted by Crippen LogP contribution is 2.75. The fourth-order valence-electron chi connectivity index (χ4n) is 9.43. The van der Waals surface area contributed by atoms with Gasteiger partial charge in [-0.1, -0.05) is 16.8 Å². The number of aromatic nitrogens is 1.